The maximum absolute atomic E-state index is 11.3. The number of ether oxygens (including phenoxy) is 2. The van der Waals surface area contributed by atoms with Gasteiger partial charge in [0.2, 0.25) is 0 Å². The van der Waals surface area contributed by atoms with Crippen LogP contribution in [0.15, 0.2) is 24.3 Å². The van der Waals surface area contributed by atoms with Crippen LogP contribution in [-0.2, 0) is 14.3 Å². The van der Waals surface area contributed by atoms with Gasteiger partial charge in [0.15, 0.2) is 0 Å². The molecule has 1 N–H and O–H groups in total. The third-order valence-electron chi connectivity index (χ3n) is 1.86. The van der Waals surface area contributed by atoms with Gasteiger partial charge in [0.25, 0.3) is 0 Å². The summed E-state index contributed by atoms with van der Waals surface area (Å²) in [5.41, 5.74) is 0.0862. The van der Waals surface area contributed by atoms with Gasteiger partial charge in [-0.3, -0.25) is 10.2 Å². The normalized spacial score (nSPS) is 9.53. The molecule has 5 heteroatoms. The molecule has 0 aliphatic rings. The molecular formula is C12H13NO4. The molecule has 0 spiro atoms. The SMILES string of the molecule is CCOC(=O)C(=N)c1cccc(OC(C)=O)c1. The Morgan fingerprint density at radius 2 is 2.06 bits per heavy atom. The Labute approximate surface area is 98.9 Å². The first kappa shape index (κ1) is 12.9. The molecular weight excluding hydrogens is 222 g/mol. The zero-order chi connectivity index (χ0) is 12.8. The average Bonchev–Trinajstić information content (AvgIpc) is 2.28. The summed E-state index contributed by atoms with van der Waals surface area (Å²) in [6.07, 6.45) is 0. The topological polar surface area (TPSA) is 76.5 Å². The zero-order valence-corrected chi connectivity index (χ0v) is 9.65. The van der Waals surface area contributed by atoms with Gasteiger partial charge in [-0.05, 0) is 19.1 Å². The fourth-order valence-corrected chi connectivity index (χ4v) is 1.20. The molecule has 0 aliphatic carbocycles. The summed E-state index contributed by atoms with van der Waals surface area (Å²) in [4.78, 5) is 22.1. The first-order valence-electron chi connectivity index (χ1n) is 5.09. The smallest absolute Gasteiger partial charge is 0.356 e. The second-order valence-corrected chi connectivity index (χ2v) is 3.22. The van der Waals surface area contributed by atoms with Crippen LogP contribution in [0.3, 0.4) is 0 Å². The van der Waals surface area contributed by atoms with Crippen molar-refractivity contribution in [1.82, 2.24) is 0 Å². The molecule has 0 aromatic heterocycles. The number of esters is 2. The molecule has 0 atom stereocenters. The number of nitrogens with one attached hydrogen (secondary N) is 1. The van der Waals surface area contributed by atoms with Crippen LogP contribution in [-0.4, -0.2) is 24.3 Å². The first-order chi connectivity index (χ1) is 8.04. The van der Waals surface area contributed by atoms with E-state index in [0.717, 1.165) is 0 Å². The Morgan fingerprint density at radius 1 is 1.35 bits per heavy atom. The second kappa shape index (κ2) is 5.79. The predicted molar refractivity (Wildman–Crippen MR) is 61.2 cm³/mol. The minimum atomic E-state index is -0.701. The maximum atomic E-state index is 11.3. The van der Waals surface area contributed by atoms with Crippen LogP contribution >= 0.6 is 0 Å². The third kappa shape index (κ3) is 3.71. The van der Waals surface area contributed by atoms with Crippen molar-refractivity contribution in [2.45, 2.75) is 13.8 Å². The summed E-state index contributed by atoms with van der Waals surface area (Å²) in [6, 6.07) is 6.19. The lowest BCUT2D eigenvalue weighted by molar-refractivity contribution is -0.135. The largest absolute Gasteiger partial charge is 0.461 e. The van der Waals surface area contributed by atoms with E-state index in [9.17, 15) is 9.59 Å². The minimum absolute atomic E-state index is 0.213. The quantitative estimate of drug-likeness (QED) is 0.488. The number of hydrogen-bond donors (Lipinski definition) is 1. The minimum Gasteiger partial charge on any atom is -0.461 e. The number of carbonyl (C=O) groups excluding carboxylic acids is 2. The molecule has 90 valence electrons. The molecule has 0 heterocycles. The molecule has 0 saturated carbocycles. The summed E-state index contributed by atoms with van der Waals surface area (Å²) in [5, 5.41) is 7.60. The number of hydrogen-bond acceptors (Lipinski definition) is 5. The molecule has 0 amide bonds. The van der Waals surface area contributed by atoms with Gasteiger partial charge in [-0.2, -0.15) is 0 Å². The van der Waals surface area contributed by atoms with Crippen molar-refractivity contribution in [3.05, 3.63) is 29.8 Å². The summed E-state index contributed by atoms with van der Waals surface area (Å²) in [6.45, 7) is 3.16. The van der Waals surface area contributed by atoms with Gasteiger partial charge in [-0.15, -0.1) is 0 Å². The van der Waals surface area contributed by atoms with Crippen molar-refractivity contribution in [3.63, 3.8) is 0 Å². The van der Waals surface area contributed by atoms with Crippen molar-refractivity contribution < 1.29 is 19.1 Å². The van der Waals surface area contributed by atoms with Gasteiger partial charge < -0.3 is 9.47 Å². The Balaban J connectivity index is 2.87. The Kier molecular flexibility index (Phi) is 4.39. The summed E-state index contributed by atoms with van der Waals surface area (Å²) in [7, 11) is 0. The van der Waals surface area contributed by atoms with E-state index >= 15 is 0 Å². The van der Waals surface area contributed by atoms with Crippen LogP contribution in [0.25, 0.3) is 0 Å². The van der Waals surface area contributed by atoms with E-state index in [0.29, 0.717) is 11.3 Å². The fraction of sp³-hybridized carbons (Fsp3) is 0.250. The van der Waals surface area contributed by atoms with Crippen molar-refractivity contribution in [3.8, 4) is 5.75 Å². The van der Waals surface area contributed by atoms with E-state index in [1.165, 1.54) is 13.0 Å². The molecule has 0 fully saturated rings. The van der Waals surface area contributed by atoms with Crippen LogP contribution in [0.4, 0.5) is 0 Å². The Hall–Kier alpha value is -2.17. The monoisotopic (exact) mass is 235 g/mol. The molecule has 1 rings (SSSR count). The van der Waals surface area contributed by atoms with Crippen LogP contribution in [0.5, 0.6) is 5.75 Å². The molecule has 1 aromatic rings. The Bertz CT molecular complexity index is 454. The van der Waals surface area contributed by atoms with E-state index < -0.39 is 11.9 Å². The highest BCUT2D eigenvalue weighted by Crippen LogP contribution is 2.14. The highest BCUT2D eigenvalue weighted by atomic mass is 16.5. The number of benzene rings is 1. The molecule has 17 heavy (non-hydrogen) atoms. The summed E-state index contributed by atoms with van der Waals surface area (Å²) in [5.74, 6) is -0.860. The lowest BCUT2D eigenvalue weighted by Crippen LogP contribution is -2.17. The lowest BCUT2D eigenvalue weighted by Gasteiger charge is -2.06. The maximum Gasteiger partial charge on any atom is 0.356 e. The van der Waals surface area contributed by atoms with Gasteiger partial charge in [-0.25, -0.2) is 4.79 Å². The lowest BCUT2D eigenvalue weighted by atomic mass is 10.1. The first-order valence-corrected chi connectivity index (χ1v) is 5.09. The highest BCUT2D eigenvalue weighted by Gasteiger charge is 2.13. The van der Waals surface area contributed by atoms with Crippen molar-refractivity contribution in [2.75, 3.05) is 6.61 Å². The fourth-order valence-electron chi connectivity index (χ4n) is 1.20. The predicted octanol–water partition coefficient (Wildman–Crippen LogP) is 1.54. The number of carbonyl (C=O) groups is 2. The van der Waals surface area contributed by atoms with Crippen LogP contribution in [0, 0.1) is 5.41 Å². The van der Waals surface area contributed by atoms with Crippen molar-refractivity contribution >= 4 is 17.7 Å². The standard InChI is InChI=1S/C12H13NO4/c1-3-16-12(15)11(13)9-5-4-6-10(7-9)17-8(2)14/h4-7,13H,3H2,1-2H3. The van der Waals surface area contributed by atoms with Gasteiger partial charge in [0, 0.05) is 12.5 Å². The van der Waals surface area contributed by atoms with Crippen molar-refractivity contribution in [2.24, 2.45) is 0 Å². The Morgan fingerprint density at radius 3 is 2.65 bits per heavy atom. The van der Waals surface area contributed by atoms with Gasteiger partial charge in [-0.1, -0.05) is 12.1 Å². The second-order valence-electron chi connectivity index (χ2n) is 3.22. The van der Waals surface area contributed by atoms with Crippen LogP contribution in [0.2, 0.25) is 0 Å². The molecule has 0 radical (unpaired) electrons. The van der Waals surface area contributed by atoms with Gasteiger partial charge >= 0.3 is 11.9 Å². The summed E-state index contributed by atoms with van der Waals surface area (Å²) >= 11 is 0. The molecule has 0 unspecified atom stereocenters. The molecule has 1 aromatic carbocycles. The van der Waals surface area contributed by atoms with Crippen LogP contribution < -0.4 is 4.74 Å². The average molecular weight is 235 g/mol. The van der Waals surface area contributed by atoms with E-state index in [-0.39, 0.29) is 12.3 Å². The third-order valence-corrected chi connectivity index (χ3v) is 1.86. The van der Waals surface area contributed by atoms with E-state index in [1.807, 2.05) is 0 Å². The van der Waals surface area contributed by atoms with E-state index in [1.54, 1.807) is 25.1 Å². The molecule has 5 nitrogen and oxygen atoms in total. The molecule has 0 bridgehead atoms. The molecule has 0 saturated heterocycles. The van der Waals surface area contributed by atoms with Gasteiger partial charge in [0.1, 0.15) is 11.5 Å². The number of rotatable bonds is 4. The van der Waals surface area contributed by atoms with Gasteiger partial charge in [0.05, 0.1) is 6.61 Å². The van der Waals surface area contributed by atoms with Crippen LogP contribution in [0.1, 0.15) is 19.4 Å². The van der Waals surface area contributed by atoms with E-state index in [2.05, 4.69) is 0 Å². The van der Waals surface area contributed by atoms with E-state index in [4.69, 9.17) is 14.9 Å². The summed E-state index contributed by atoms with van der Waals surface area (Å²) < 4.78 is 9.56. The van der Waals surface area contributed by atoms with Crippen molar-refractivity contribution in [1.29, 1.82) is 5.41 Å². The highest BCUT2D eigenvalue weighted by molar-refractivity contribution is 6.42. The zero-order valence-electron chi connectivity index (χ0n) is 9.65. The molecule has 0 aliphatic heterocycles.